The molecule has 1 unspecified atom stereocenters. The van der Waals surface area contributed by atoms with E-state index in [2.05, 4.69) is 0 Å². The third-order valence-corrected chi connectivity index (χ3v) is 3.21. The molecule has 0 saturated carbocycles. The summed E-state index contributed by atoms with van der Waals surface area (Å²) in [5.41, 5.74) is -0.236. The number of ether oxygens (including phenoxy) is 3. The fourth-order valence-electron chi connectivity index (χ4n) is 1.97. The Morgan fingerprint density at radius 2 is 1.92 bits per heavy atom. The van der Waals surface area contributed by atoms with Gasteiger partial charge in [0.2, 0.25) is 0 Å². The third-order valence-electron chi connectivity index (χ3n) is 3.21. The highest BCUT2D eigenvalue weighted by molar-refractivity contribution is 5.42. The van der Waals surface area contributed by atoms with Crippen molar-refractivity contribution in [2.75, 3.05) is 20.8 Å². The first-order valence-electron chi connectivity index (χ1n) is 12.8. The van der Waals surface area contributed by atoms with E-state index >= 15 is 0 Å². The predicted molar refractivity (Wildman–Crippen MR) is 99.8 cm³/mol. The van der Waals surface area contributed by atoms with Crippen molar-refractivity contribution in [1.82, 2.24) is 0 Å². The molecule has 0 bridgehead atoms. The average Bonchev–Trinajstić information content (AvgIpc) is 2.78. The van der Waals surface area contributed by atoms with Crippen molar-refractivity contribution in [2.45, 2.75) is 38.6 Å². The van der Waals surface area contributed by atoms with Crippen molar-refractivity contribution in [3.63, 3.8) is 0 Å². The van der Waals surface area contributed by atoms with Crippen molar-refractivity contribution < 1.29 is 33.0 Å². The van der Waals surface area contributed by atoms with Gasteiger partial charge in [0.05, 0.1) is 31.3 Å². The van der Waals surface area contributed by atoms with Crippen LogP contribution in [-0.4, -0.2) is 32.0 Å². The van der Waals surface area contributed by atoms with E-state index in [0.29, 0.717) is 0 Å². The summed E-state index contributed by atoms with van der Waals surface area (Å²) in [5.74, 6) is -0.639. The Kier molecular flexibility index (Phi) is 3.77. The summed E-state index contributed by atoms with van der Waals surface area (Å²) in [7, 11) is 2.49. The van der Waals surface area contributed by atoms with Crippen LogP contribution in [0.3, 0.4) is 0 Å². The molecule has 0 aliphatic rings. The van der Waals surface area contributed by atoms with Crippen LogP contribution in [0.25, 0.3) is 0 Å². The Bertz CT molecular complexity index is 1080. The molecule has 2 aromatic carbocycles. The van der Waals surface area contributed by atoms with Gasteiger partial charge in [0.25, 0.3) is 0 Å². The van der Waals surface area contributed by atoms with Gasteiger partial charge >= 0.3 is 0 Å². The SMILES string of the molecule is [2H]c1c([2H])c(C)c([2H])c(OCC([2H])(O)CCCC([2H])([2H])c2c([2H])c([2H])c(OC)c(OC)c2[2H])c1[2H]. The van der Waals surface area contributed by atoms with Gasteiger partial charge in [-0.1, -0.05) is 24.5 Å². The van der Waals surface area contributed by atoms with E-state index in [4.69, 9.17) is 27.9 Å². The highest BCUT2D eigenvalue weighted by Gasteiger charge is 2.07. The molecule has 25 heavy (non-hydrogen) atoms. The molecule has 0 heterocycles. The normalized spacial score (nSPS) is 19.4. The number of methoxy groups -OCH3 is 2. The molecule has 0 fully saturated rings. The summed E-state index contributed by atoms with van der Waals surface area (Å²) in [6, 6.07) is -2.86. The quantitative estimate of drug-likeness (QED) is 0.696. The van der Waals surface area contributed by atoms with Crippen molar-refractivity contribution in [3.8, 4) is 17.2 Å². The smallest absolute Gasteiger partial charge is 0.160 e. The number of aliphatic hydroxyl groups is 1. The summed E-state index contributed by atoms with van der Waals surface area (Å²) in [5, 5.41) is 10.4. The lowest BCUT2D eigenvalue weighted by Crippen LogP contribution is -2.17. The first-order valence-corrected chi connectivity index (χ1v) is 7.75. The second-order valence-corrected chi connectivity index (χ2v) is 5.16. The van der Waals surface area contributed by atoms with Gasteiger partial charge < -0.3 is 19.3 Å². The monoisotopic (exact) mass is 354 g/mol. The van der Waals surface area contributed by atoms with E-state index in [0.717, 1.165) is 0 Å². The van der Waals surface area contributed by atoms with Gasteiger partial charge in [0.1, 0.15) is 12.4 Å². The first kappa shape index (κ1) is 9.48. The van der Waals surface area contributed by atoms with Crippen LogP contribution in [0.5, 0.6) is 17.2 Å². The lowest BCUT2D eigenvalue weighted by Gasteiger charge is -2.13. The molecule has 1 atom stereocenters. The van der Waals surface area contributed by atoms with Gasteiger partial charge in [0, 0.05) is 2.74 Å². The van der Waals surface area contributed by atoms with E-state index in [1.165, 1.54) is 21.1 Å². The first-order chi connectivity index (χ1) is 16.1. The summed E-state index contributed by atoms with van der Waals surface area (Å²) in [6.45, 7) is 0.770. The fraction of sp³-hybridized carbons (Fsp3) is 0.429. The topological polar surface area (TPSA) is 47.9 Å². The van der Waals surface area contributed by atoms with E-state index < -0.39 is 49.3 Å². The van der Waals surface area contributed by atoms with Crippen molar-refractivity contribution in [3.05, 3.63) is 53.4 Å². The second-order valence-electron chi connectivity index (χ2n) is 5.16. The van der Waals surface area contributed by atoms with Crippen LogP contribution in [0.2, 0.25) is 0 Å². The summed E-state index contributed by atoms with van der Waals surface area (Å²) in [4.78, 5) is 0. The molecule has 0 amide bonds. The maximum Gasteiger partial charge on any atom is 0.160 e. The van der Waals surface area contributed by atoms with Crippen LogP contribution in [0, 0.1) is 6.92 Å². The minimum absolute atomic E-state index is 0.0627. The molecular formula is C21H28O4. The molecular weight excluding hydrogens is 316 g/mol. The molecule has 0 aromatic heterocycles. The summed E-state index contributed by atoms with van der Waals surface area (Å²) < 4.78 is 96.2. The van der Waals surface area contributed by atoms with E-state index in [-0.39, 0.29) is 59.7 Å². The highest BCUT2D eigenvalue weighted by atomic mass is 16.5. The minimum atomic E-state index is -2.26. The zero-order valence-corrected chi connectivity index (χ0v) is 14.5. The number of hydrogen-bond acceptors (Lipinski definition) is 4. The lowest BCUT2D eigenvalue weighted by atomic mass is 10.0. The molecule has 2 aromatic rings. The molecule has 4 heteroatoms. The maximum atomic E-state index is 10.4. The van der Waals surface area contributed by atoms with Gasteiger partial charge in [-0.15, -0.1) is 0 Å². The molecule has 0 aliphatic carbocycles. The molecule has 2 rings (SSSR count). The van der Waals surface area contributed by atoms with Gasteiger partial charge in [-0.05, 0) is 61.4 Å². The molecule has 0 radical (unpaired) electrons. The fourth-order valence-corrected chi connectivity index (χ4v) is 1.97. The van der Waals surface area contributed by atoms with Gasteiger partial charge in [0.15, 0.2) is 11.5 Å². The maximum absolute atomic E-state index is 10.4. The van der Waals surface area contributed by atoms with E-state index in [9.17, 15) is 5.11 Å². The van der Waals surface area contributed by atoms with Gasteiger partial charge in [-0.3, -0.25) is 0 Å². The summed E-state index contributed by atoms with van der Waals surface area (Å²) >= 11 is 0. The Morgan fingerprint density at radius 1 is 1.12 bits per heavy atom. The van der Waals surface area contributed by atoms with E-state index in [1.54, 1.807) is 0 Å². The van der Waals surface area contributed by atoms with Crippen molar-refractivity contribution in [1.29, 1.82) is 0 Å². The van der Waals surface area contributed by atoms with Crippen LogP contribution in [0.4, 0.5) is 0 Å². The highest BCUT2D eigenvalue weighted by Crippen LogP contribution is 2.28. The van der Waals surface area contributed by atoms with Crippen LogP contribution < -0.4 is 14.2 Å². The average molecular weight is 355 g/mol. The predicted octanol–water partition coefficient (Wildman–Crippen LogP) is 4.16. The Hall–Kier alpha value is -2.20. The second kappa shape index (κ2) is 9.94. The zero-order valence-electron chi connectivity index (χ0n) is 24.5. The molecule has 0 aliphatic heterocycles. The van der Waals surface area contributed by atoms with Crippen LogP contribution in [-0.2, 0) is 6.37 Å². The molecule has 0 spiro atoms. The van der Waals surface area contributed by atoms with Crippen LogP contribution >= 0.6 is 0 Å². The standard InChI is InChI=1S/C21H28O4/c1-16-7-6-10-19(13-16)25-15-18(22)9-5-4-8-17-11-12-20(23-2)21(14-17)24-3/h6-7,10-14,18,22H,4-5,8-9,15H2,1-3H3/i6D,7D,8D2,10D,11D,12D,13D,14D,18D. The van der Waals surface area contributed by atoms with E-state index in [1.807, 2.05) is 0 Å². The number of rotatable bonds is 10. The Balaban J connectivity index is 2.17. The van der Waals surface area contributed by atoms with Crippen LogP contribution in [0.1, 0.15) is 44.1 Å². The molecule has 0 saturated heterocycles. The largest absolute Gasteiger partial charge is 0.493 e. The van der Waals surface area contributed by atoms with Crippen LogP contribution in [0.15, 0.2) is 42.3 Å². The van der Waals surface area contributed by atoms with Crippen molar-refractivity contribution >= 4 is 0 Å². The van der Waals surface area contributed by atoms with Gasteiger partial charge in [-0.25, -0.2) is 0 Å². The number of hydrogen-bond donors (Lipinski definition) is 1. The zero-order chi connectivity index (χ0) is 26.9. The molecule has 136 valence electrons. The Labute approximate surface area is 164 Å². The molecule has 4 nitrogen and oxygen atoms in total. The minimum Gasteiger partial charge on any atom is -0.493 e. The van der Waals surface area contributed by atoms with Crippen molar-refractivity contribution in [2.24, 2.45) is 0 Å². The van der Waals surface area contributed by atoms with Gasteiger partial charge in [-0.2, -0.15) is 0 Å². The lowest BCUT2D eigenvalue weighted by molar-refractivity contribution is 0.0976. The Morgan fingerprint density at radius 3 is 2.68 bits per heavy atom. The molecule has 1 N–H and O–H groups in total. The number of benzene rings is 2. The third kappa shape index (κ3) is 6.31. The summed E-state index contributed by atoms with van der Waals surface area (Å²) in [6.07, 6.45) is -5.12.